The molecule has 0 unspecified atom stereocenters. The van der Waals surface area contributed by atoms with Gasteiger partial charge in [0, 0.05) is 51.9 Å². The third-order valence-corrected chi connectivity index (χ3v) is 5.89. The van der Waals surface area contributed by atoms with Crippen LogP contribution in [0.5, 0.6) is 0 Å². The van der Waals surface area contributed by atoms with Crippen LogP contribution >= 0.6 is 0 Å². The number of amides is 1. The van der Waals surface area contributed by atoms with Gasteiger partial charge in [-0.2, -0.15) is 0 Å². The van der Waals surface area contributed by atoms with E-state index in [1.165, 1.54) is 11.1 Å². The summed E-state index contributed by atoms with van der Waals surface area (Å²) in [4.78, 5) is 26.5. The molecule has 0 bridgehead atoms. The van der Waals surface area contributed by atoms with Gasteiger partial charge in [-0.05, 0) is 30.9 Å². The number of morpholine rings is 1. The lowest BCUT2D eigenvalue weighted by Crippen LogP contribution is -2.38. The highest BCUT2D eigenvalue weighted by molar-refractivity contribution is 5.95. The number of anilines is 1. The Morgan fingerprint density at radius 3 is 2.67 bits per heavy atom. The van der Waals surface area contributed by atoms with Crippen LogP contribution in [0.15, 0.2) is 30.5 Å². The molecular formula is C23H31N5O2. The number of benzene rings is 1. The van der Waals surface area contributed by atoms with Crippen LogP contribution < -0.4 is 10.2 Å². The molecule has 0 spiro atoms. The number of carbonyl (C=O) groups is 1. The largest absolute Gasteiger partial charge is 0.378 e. The van der Waals surface area contributed by atoms with Gasteiger partial charge in [0.2, 0.25) is 5.95 Å². The van der Waals surface area contributed by atoms with E-state index < -0.39 is 0 Å². The van der Waals surface area contributed by atoms with Gasteiger partial charge in [0.1, 0.15) is 0 Å². The molecule has 2 fully saturated rings. The fourth-order valence-corrected chi connectivity index (χ4v) is 4.02. The summed E-state index contributed by atoms with van der Waals surface area (Å²) in [6.07, 6.45) is 4.58. The molecule has 7 heteroatoms. The van der Waals surface area contributed by atoms with Crippen LogP contribution in [0.1, 0.15) is 40.0 Å². The summed E-state index contributed by atoms with van der Waals surface area (Å²) in [7, 11) is 0. The van der Waals surface area contributed by atoms with Crippen molar-refractivity contribution in [1.29, 1.82) is 0 Å². The van der Waals surface area contributed by atoms with E-state index >= 15 is 0 Å². The highest BCUT2D eigenvalue weighted by Crippen LogP contribution is 2.18. The lowest BCUT2D eigenvalue weighted by molar-refractivity contribution is 0.0790. The third-order valence-electron chi connectivity index (χ3n) is 5.89. The Hall–Kier alpha value is -2.51. The van der Waals surface area contributed by atoms with E-state index in [9.17, 15) is 4.79 Å². The van der Waals surface area contributed by atoms with Crippen molar-refractivity contribution in [2.75, 3.05) is 50.8 Å². The number of hydrogen-bond donors (Lipinski definition) is 1. The fraction of sp³-hybridized carbons (Fsp3) is 0.522. The van der Waals surface area contributed by atoms with Gasteiger partial charge in [0.25, 0.3) is 5.91 Å². The zero-order valence-corrected chi connectivity index (χ0v) is 17.8. The molecule has 2 aliphatic heterocycles. The molecule has 2 saturated heterocycles. The van der Waals surface area contributed by atoms with Gasteiger partial charge < -0.3 is 19.9 Å². The first-order valence-electron chi connectivity index (χ1n) is 11.0. The van der Waals surface area contributed by atoms with E-state index in [1.54, 1.807) is 6.20 Å². The maximum absolute atomic E-state index is 13.0. The Kier molecular flexibility index (Phi) is 6.92. The monoisotopic (exact) mass is 409 g/mol. The number of hydrogen-bond acceptors (Lipinski definition) is 6. The Labute approximate surface area is 178 Å². The van der Waals surface area contributed by atoms with Crippen LogP contribution in [-0.2, 0) is 17.7 Å². The first kappa shape index (κ1) is 20.8. The molecule has 0 saturated carbocycles. The first-order chi connectivity index (χ1) is 14.7. The van der Waals surface area contributed by atoms with Gasteiger partial charge in [-0.1, -0.05) is 24.3 Å². The number of nitrogens with zero attached hydrogens (tertiary/aromatic N) is 4. The number of nitrogens with one attached hydrogen (secondary N) is 1. The van der Waals surface area contributed by atoms with Crippen molar-refractivity contribution in [2.45, 2.75) is 32.7 Å². The maximum atomic E-state index is 13.0. The normalized spacial score (nSPS) is 16.8. The van der Waals surface area contributed by atoms with Crippen molar-refractivity contribution in [3.8, 4) is 0 Å². The number of aryl methyl sites for hydroxylation is 1. The first-order valence-corrected chi connectivity index (χ1v) is 11.0. The zero-order valence-electron chi connectivity index (χ0n) is 17.8. The molecular weight excluding hydrogens is 378 g/mol. The molecule has 1 aromatic carbocycles. The predicted octanol–water partition coefficient (Wildman–Crippen LogP) is 2.19. The molecule has 0 aliphatic carbocycles. The minimum Gasteiger partial charge on any atom is -0.378 e. The zero-order chi connectivity index (χ0) is 20.8. The summed E-state index contributed by atoms with van der Waals surface area (Å²) >= 11 is 0. The number of aromatic nitrogens is 2. The Morgan fingerprint density at radius 1 is 1.13 bits per heavy atom. The third kappa shape index (κ3) is 4.96. The minimum atomic E-state index is 0.0648. The second-order valence-electron chi connectivity index (χ2n) is 7.98. The minimum absolute atomic E-state index is 0.0648. The van der Waals surface area contributed by atoms with Crippen molar-refractivity contribution in [3.05, 3.63) is 52.8 Å². The van der Waals surface area contributed by atoms with Crippen molar-refractivity contribution in [3.63, 3.8) is 0 Å². The summed E-state index contributed by atoms with van der Waals surface area (Å²) < 4.78 is 5.44. The van der Waals surface area contributed by atoms with Crippen LogP contribution in [0.3, 0.4) is 0 Å². The van der Waals surface area contributed by atoms with Gasteiger partial charge in [-0.3, -0.25) is 4.79 Å². The SMILES string of the molecule is Cc1ccccc1CNCCc1nc(N2CCOCC2)ncc1C(=O)N1CCCC1. The van der Waals surface area contributed by atoms with Crippen LogP contribution in [0.4, 0.5) is 5.95 Å². The van der Waals surface area contributed by atoms with Crippen LogP contribution in [-0.4, -0.2) is 66.7 Å². The topological polar surface area (TPSA) is 70.6 Å². The quantitative estimate of drug-likeness (QED) is 0.707. The van der Waals surface area contributed by atoms with E-state index in [0.29, 0.717) is 31.1 Å². The Balaban J connectivity index is 1.47. The number of likely N-dealkylation sites (tertiary alicyclic amines) is 1. The number of carbonyl (C=O) groups excluding carboxylic acids is 1. The Morgan fingerprint density at radius 2 is 1.90 bits per heavy atom. The van der Waals surface area contributed by atoms with E-state index in [1.807, 2.05) is 4.90 Å². The summed E-state index contributed by atoms with van der Waals surface area (Å²) in [6.45, 7) is 8.29. The standard InChI is InChI=1S/C23H31N5O2/c1-18-6-2-3-7-19(18)16-24-9-8-21-20(22(29)27-10-4-5-11-27)17-25-23(26-21)28-12-14-30-15-13-28/h2-3,6-7,17,24H,4-5,8-16H2,1H3. The van der Waals surface area contributed by atoms with Gasteiger partial charge in [0.05, 0.1) is 24.5 Å². The molecule has 0 radical (unpaired) electrons. The van der Waals surface area contributed by atoms with Crippen LogP contribution in [0, 0.1) is 6.92 Å². The summed E-state index contributed by atoms with van der Waals surface area (Å²) in [5.74, 6) is 0.764. The molecule has 160 valence electrons. The molecule has 2 aromatic rings. The van der Waals surface area contributed by atoms with Crippen molar-refractivity contribution in [1.82, 2.24) is 20.2 Å². The molecule has 2 aliphatic rings. The predicted molar refractivity (Wildman–Crippen MR) is 117 cm³/mol. The van der Waals surface area contributed by atoms with Gasteiger partial charge in [0.15, 0.2) is 0 Å². The second-order valence-corrected chi connectivity index (χ2v) is 7.98. The molecule has 1 aromatic heterocycles. The van der Waals surface area contributed by atoms with E-state index in [-0.39, 0.29) is 5.91 Å². The molecule has 7 nitrogen and oxygen atoms in total. The molecule has 4 rings (SSSR count). The lowest BCUT2D eigenvalue weighted by atomic mass is 10.1. The molecule has 1 amide bonds. The highest BCUT2D eigenvalue weighted by Gasteiger charge is 2.24. The average Bonchev–Trinajstić information content (AvgIpc) is 3.33. The van der Waals surface area contributed by atoms with E-state index in [4.69, 9.17) is 9.72 Å². The van der Waals surface area contributed by atoms with Gasteiger partial charge in [-0.15, -0.1) is 0 Å². The van der Waals surface area contributed by atoms with Crippen molar-refractivity contribution in [2.24, 2.45) is 0 Å². The fourth-order valence-electron chi connectivity index (χ4n) is 4.02. The van der Waals surface area contributed by atoms with Crippen molar-refractivity contribution < 1.29 is 9.53 Å². The molecule has 3 heterocycles. The maximum Gasteiger partial charge on any atom is 0.257 e. The summed E-state index contributed by atoms with van der Waals surface area (Å²) in [5.41, 5.74) is 4.06. The number of rotatable bonds is 7. The summed E-state index contributed by atoms with van der Waals surface area (Å²) in [5, 5.41) is 3.51. The second kappa shape index (κ2) is 10.00. The molecule has 0 atom stereocenters. The molecule has 1 N–H and O–H groups in total. The van der Waals surface area contributed by atoms with E-state index in [2.05, 4.69) is 46.4 Å². The lowest BCUT2D eigenvalue weighted by Gasteiger charge is -2.27. The average molecular weight is 410 g/mol. The van der Waals surface area contributed by atoms with Gasteiger partial charge in [-0.25, -0.2) is 9.97 Å². The summed E-state index contributed by atoms with van der Waals surface area (Å²) in [6, 6.07) is 8.40. The van der Waals surface area contributed by atoms with Gasteiger partial charge >= 0.3 is 0 Å². The van der Waals surface area contributed by atoms with E-state index in [0.717, 1.165) is 57.8 Å². The van der Waals surface area contributed by atoms with Crippen molar-refractivity contribution >= 4 is 11.9 Å². The highest BCUT2D eigenvalue weighted by atomic mass is 16.5. The number of ether oxygens (including phenoxy) is 1. The van der Waals surface area contributed by atoms with Crippen LogP contribution in [0.25, 0.3) is 0 Å². The smallest absolute Gasteiger partial charge is 0.257 e. The Bertz CT molecular complexity index is 860. The molecule has 30 heavy (non-hydrogen) atoms. The van der Waals surface area contributed by atoms with Crippen LogP contribution in [0.2, 0.25) is 0 Å².